The Morgan fingerprint density at radius 2 is 1.50 bits per heavy atom. The van der Waals surface area contributed by atoms with Gasteiger partial charge in [0.15, 0.2) is 0 Å². The van der Waals surface area contributed by atoms with E-state index in [0.29, 0.717) is 0 Å². The van der Waals surface area contributed by atoms with Gasteiger partial charge in [-0.05, 0) is 73.8 Å². The van der Waals surface area contributed by atoms with Crippen molar-refractivity contribution in [3.8, 4) is 6.07 Å². The molecule has 1 aromatic rings. The van der Waals surface area contributed by atoms with Gasteiger partial charge in [0.05, 0.1) is 11.5 Å². The van der Waals surface area contributed by atoms with Crippen molar-refractivity contribution in [2.24, 2.45) is 17.8 Å². The molecule has 0 amide bonds. The maximum Gasteiger partial charge on any atom is 0.0822 e. The zero-order valence-corrected chi connectivity index (χ0v) is 17.0. The Morgan fingerprint density at radius 3 is 2.04 bits per heavy atom. The minimum Gasteiger partial charge on any atom is -0.197 e. The van der Waals surface area contributed by atoms with Crippen LogP contribution in [0.25, 0.3) is 0 Å². The lowest BCUT2D eigenvalue weighted by atomic mass is 9.62. The molecule has 2 aliphatic rings. The summed E-state index contributed by atoms with van der Waals surface area (Å²) in [5.74, 6) is 2.81. The lowest BCUT2D eigenvalue weighted by Gasteiger charge is -2.41. The van der Waals surface area contributed by atoms with E-state index in [1.54, 1.807) is 0 Å². The van der Waals surface area contributed by atoms with E-state index >= 15 is 0 Å². The molecule has 0 unspecified atom stereocenters. The predicted octanol–water partition coefficient (Wildman–Crippen LogP) is 7.20. The fraction of sp³-hybridized carbons (Fsp3) is 0.720. The third kappa shape index (κ3) is 4.33. The number of nitrogens with zero attached hydrogens (tertiary/aromatic N) is 1. The van der Waals surface area contributed by atoms with Gasteiger partial charge in [-0.1, -0.05) is 70.2 Å². The Morgan fingerprint density at radius 1 is 0.885 bits per heavy atom. The smallest absolute Gasteiger partial charge is 0.0822 e. The lowest BCUT2D eigenvalue weighted by molar-refractivity contribution is 0.144. The number of hydrogen-bond acceptors (Lipinski definition) is 1. The fourth-order valence-electron chi connectivity index (χ4n) is 5.71. The summed E-state index contributed by atoms with van der Waals surface area (Å²) in [6.45, 7) is 4.55. The molecule has 0 aliphatic heterocycles. The zero-order chi connectivity index (χ0) is 18.4. The molecule has 0 radical (unpaired) electrons. The number of aryl methyl sites for hydroxylation is 1. The van der Waals surface area contributed by atoms with Crippen molar-refractivity contribution in [3.05, 3.63) is 35.4 Å². The summed E-state index contributed by atoms with van der Waals surface area (Å²) in [5, 5.41) is 10.0. The maximum absolute atomic E-state index is 10.0. The van der Waals surface area contributed by atoms with Crippen LogP contribution in [0.2, 0.25) is 0 Å². The first-order valence-corrected chi connectivity index (χ1v) is 11.2. The number of benzene rings is 1. The molecule has 142 valence electrons. The van der Waals surface area contributed by atoms with Gasteiger partial charge in [-0.15, -0.1) is 0 Å². The molecule has 2 aliphatic carbocycles. The molecule has 26 heavy (non-hydrogen) atoms. The first kappa shape index (κ1) is 19.5. The molecule has 2 saturated carbocycles. The number of hydrogen-bond donors (Lipinski definition) is 0. The molecule has 0 heterocycles. The third-order valence-electron chi connectivity index (χ3n) is 7.40. The fourth-order valence-corrected chi connectivity index (χ4v) is 5.71. The molecule has 3 rings (SSSR count). The largest absolute Gasteiger partial charge is 0.197 e. The second-order valence-corrected chi connectivity index (χ2v) is 9.05. The average molecular weight is 352 g/mol. The molecule has 2 fully saturated rings. The van der Waals surface area contributed by atoms with Crippen molar-refractivity contribution in [2.45, 2.75) is 96.3 Å². The van der Waals surface area contributed by atoms with E-state index in [0.717, 1.165) is 37.0 Å². The van der Waals surface area contributed by atoms with Gasteiger partial charge in [-0.25, -0.2) is 0 Å². The molecule has 0 bridgehead atoms. The first-order valence-electron chi connectivity index (χ1n) is 11.2. The summed E-state index contributed by atoms with van der Waals surface area (Å²) < 4.78 is 0. The van der Waals surface area contributed by atoms with Crippen LogP contribution in [0.15, 0.2) is 24.3 Å². The lowest BCUT2D eigenvalue weighted by Crippen LogP contribution is -2.33. The van der Waals surface area contributed by atoms with Crippen molar-refractivity contribution >= 4 is 0 Å². The van der Waals surface area contributed by atoms with Crippen LogP contribution < -0.4 is 0 Å². The van der Waals surface area contributed by atoms with Crippen molar-refractivity contribution in [1.82, 2.24) is 0 Å². The Labute approximate surface area is 161 Å². The molecule has 0 N–H and O–H groups in total. The molecule has 0 spiro atoms. The quantitative estimate of drug-likeness (QED) is 0.531. The monoisotopic (exact) mass is 351 g/mol. The molecule has 1 nitrogen and oxygen atoms in total. The molecule has 0 atom stereocenters. The number of nitriles is 1. The van der Waals surface area contributed by atoms with E-state index in [2.05, 4.69) is 44.2 Å². The van der Waals surface area contributed by atoms with Gasteiger partial charge in [0, 0.05) is 0 Å². The van der Waals surface area contributed by atoms with Crippen LogP contribution >= 0.6 is 0 Å². The van der Waals surface area contributed by atoms with Crippen LogP contribution in [0.1, 0.15) is 95.6 Å². The Balaban J connectivity index is 1.58. The van der Waals surface area contributed by atoms with Gasteiger partial charge >= 0.3 is 0 Å². The van der Waals surface area contributed by atoms with Crippen LogP contribution in [0, 0.1) is 29.1 Å². The van der Waals surface area contributed by atoms with Gasteiger partial charge in [0.1, 0.15) is 0 Å². The van der Waals surface area contributed by atoms with Crippen molar-refractivity contribution in [2.75, 3.05) is 0 Å². The van der Waals surface area contributed by atoms with Crippen molar-refractivity contribution < 1.29 is 0 Å². The molecule has 1 heteroatoms. The van der Waals surface area contributed by atoms with E-state index < -0.39 is 0 Å². The van der Waals surface area contributed by atoms with E-state index in [9.17, 15) is 5.26 Å². The Kier molecular flexibility index (Phi) is 6.80. The van der Waals surface area contributed by atoms with Gasteiger partial charge in [-0.2, -0.15) is 5.26 Å². The molecule has 1 aromatic carbocycles. The average Bonchev–Trinajstić information content (AvgIpc) is 2.70. The molecular weight excluding hydrogens is 314 g/mol. The molecule has 0 saturated heterocycles. The topological polar surface area (TPSA) is 23.8 Å². The Bertz CT molecular complexity index is 578. The summed E-state index contributed by atoms with van der Waals surface area (Å²) in [4.78, 5) is 0. The highest BCUT2D eigenvalue weighted by molar-refractivity contribution is 5.35. The predicted molar refractivity (Wildman–Crippen MR) is 110 cm³/mol. The summed E-state index contributed by atoms with van der Waals surface area (Å²) in [6, 6.07) is 11.7. The first-order chi connectivity index (χ1) is 12.7. The molecular formula is C25H37N. The summed E-state index contributed by atoms with van der Waals surface area (Å²) in [6.07, 6.45) is 15.6. The normalized spacial score (nSPS) is 32.1. The standard InChI is InChI=1S/C25H37N/c1-3-5-20-7-11-22(12-8-20)23-15-17-25(19-26,18-16-23)24-13-9-21(6-4-2)10-14-24/h9-10,13-14,20,22-23H,3-8,11-12,15-18H2,1-2H3. The van der Waals surface area contributed by atoms with Gasteiger partial charge in [-0.3, -0.25) is 0 Å². The van der Waals surface area contributed by atoms with E-state index in [4.69, 9.17) is 0 Å². The zero-order valence-electron chi connectivity index (χ0n) is 17.0. The van der Waals surface area contributed by atoms with E-state index in [1.807, 2.05) is 0 Å². The maximum atomic E-state index is 10.0. The van der Waals surface area contributed by atoms with Crippen LogP contribution in [-0.2, 0) is 11.8 Å². The minimum absolute atomic E-state index is 0.222. The highest BCUT2D eigenvalue weighted by atomic mass is 14.5. The van der Waals surface area contributed by atoms with Gasteiger partial charge in [0.25, 0.3) is 0 Å². The van der Waals surface area contributed by atoms with Gasteiger partial charge in [0.2, 0.25) is 0 Å². The summed E-state index contributed by atoms with van der Waals surface area (Å²) in [5.41, 5.74) is 2.45. The van der Waals surface area contributed by atoms with Crippen LogP contribution in [-0.4, -0.2) is 0 Å². The number of rotatable bonds is 6. The van der Waals surface area contributed by atoms with E-state index in [-0.39, 0.29) is 5.41 Å². The summed E-state index contributed by atoms with van der Waals surface area (Å²) in [7, 11) is 0. The van der Waals surface area contributed by atoms with Crippen LogP contribution in [0.5, 0.6) is 0 Å². The Hall–Kier alpha value is -1.29. The minimum atomic E-state index is -0.222. The van der Waals surface area contributed by atoms with Gasteiger partial charge < -0.3 is 0 Å². The van der Waals surface area contributed by atoms with Crippen molar-refractivity contribution in [3.63, 3.8) is 0 Å². The second kappa shape index (κ2) is 9.07. The van der Waals surface area contributed by atoms with Crippen molar-refractivity contribution in [1.29, 1.82) is 5.26 Å². The van der Waals surface area contributed by atoms with Crippen LogP contribution in [0.3, 0.4) is 0 Å². The van der Waals surface area contributed by atoms with E-state index in [1.165, 1.54) is 68.9 Å². The SMILES string of the molecule is CCCc1ccc(C2(C#N)CCC(C3CCC(CCC)CC3)CC2)cc1. The summed E-state index contributed by atoms with van der Waals surface area (Å²) >= 11 is 0. The third-order valence-corrected chi connectivity index (χ3v) is 7.40. The highest BCUT2D eigenvalue weighted by Crippen LogP contribution is 2.47. The van der Waals surface area contributed by atoms with Crippen LogP contribution in [0.4, 0.5) is 0 Å². The highest BCUT2D eigenvalue weighted by Gasteiger charge is 2.39. The second-order valence-electron chi connectivity index (χ2n) is 9.05. The molecule has 0 aromatic heterocycles.